The molecule has 4 heteroatoms. The lowest BCUT2D eigenvalue weighted by Gasteiger charge is -2.22. The minimum atomic E-state index is -0.247. The normalized spacial score (nSPS) is 19.1. The highest BCUT2D eigenvalue weighted by molar-refractivity contribution is 5.83. The minimum absolute atomic E-state index is 0.111. The molecule has 0 fully saturated rings. The molecule has 0 saturated carbocycles. The van der Waals surface area contributed by atoms with Crippen LogP contribution in [0.25, 0.3) is 0 Å². The van der Waals surface area contributed by atoms with Gasteiger partial charge in [0.05, 0.1) is 11.6 Å². The van der Waals surface area contributed by atoms with Crippen molar-refractivity contribution in [2.24, 2.45) is 0 Å². The van der Waals surface area contributed by atoms with Gasteiger partial charge in [-0.25, -0.2) is 4.98 Å². The van der Waals surface area contributed by atoms with Gasteiger partial charge in [-0.3, -0.25) is 4.79 Å². The number of hydrogen-bond donors (Lipinski definition) is 0. The Labute approximate surface area is 112 Å². The van der Waals surface area contributed by atoms with Crippen LogP contribution >= 0.6 is 0 Å². The highest BCUT2D eigenvalue weighted by Gasteiger charge is 2.30. The lowest BCUT2D eigenvalue weighted by atomic mass is 10.1. The SMILES string of the molecule is CC1C(=O)N(Cc2ccccc2)CCc2ncoc21. The molecule has 1 amide bonds. The van der Waals surface area contributed by atoms with Crippen molar-refractivity contribution in [3.8, 4) is 0 Å². The summed E-state index contributed by atoms with van der Waals surface area (Å²) in [5.41, 5.74) is 2.06. The number of amides is 1. The predicted molar refractivity (Wildman–Crippen MR) is 70.5 cm³/mol. The molecule has 1 aliphatic heterocycles. The summed E-state index contributed by atoms with van der Waals surface area (Å²) in [6.45, 7) is 3.22. The van der Waals surface area contributed by atoms with Crippen molar-refractivity contribution in [2.45, 2.75) is 25.8 Å². The third kappa shape index (κ3) is 2.26. The first-order valence-electron chi connectivity index (χ1n) is 6.50. The van der Waals surface area contributed by atoms with Gasteiger partial charge >= 0.3 is 0 Å². The fourth-order valence-corrected chi connectivity index (χ4v) is 2.52. The second-order valence-electron chi connectivity index (χ2n) is 4.88. The lowest BCUT2D eigenvalue weighted by Crippen LogP contribution is -2.33. The van der Waals surface area contributed by atoms with Crippen molar-refractivity contribution < 1.29 is 9.21 Å². The van der Waals surface area contributed by atoms with Crippen LogP contribution in [0.15, 0.2) is 41.1 Å². The first kappa shape index (κ1) is 12.0. The van der Waals surface area contributed by atoms with Crippen LogP contribution in [0.4, 0.5) is 0 Å². The van der Waals surface area contributed by atoms with E-state index in [0.717, 1.165) is 23.4 Å². The van der Waals surface area contributed by atoms with E-state index in [0.29, 0.717) is 13.1 Å². The van der Waals surface area contributed by atoms with Crippen molar-refractivity contribution in [2.75, 3.05) is 6.54 Å². The van der Waals surface area contributed by atoms with Crippen LogP contribution in [0.3, 0.4) is 0 Å². The minimum Gasteiger partial charge on any atom is -0.447 e. The van der Waals surface area contributed by atoms with Gasteiger partial charge in [0.1, 0.15) is 5.76 Å². The summed E-state index contributed by atoms with van der Waals surface area (Å²) in [4.78, 5) is 18.5. The lowest BCUT2D eigenvalue weighted by molar-refractivity contribution is -0.133. The molecule has 1 unspecified atom stereocenters. The molecular formula is C15H16N2O2. The summed E-state index contributed by atoms with van der Waals surface area (Å²) in [6, 6.07) is 10.0. The smallest absolute Gasteiger partial charge is 0.233 e. The number of hydrogen-bond acceptors (Lipinski definition) is 3. The fraction of sp³-hybridized carbons (Fsp3) is 0.333. The quantitative estimate of drug-likeness (QED) is 0.828. The molecule has 1 atom stereocenters. The highest BCUT2D eigenvalue weighted by Crippen LogP contribution is 2.26. The molecule has 4 nitrogen and oxygen atoms in total. The average molecular weight is 256 g/mol. The van der Waals surface area contributed by atoms with Gasteiger partial charge in [-0.1, -0.05) is 30.3 Å². The number of oxazole rings is 1. The van der Waals surface area contributed by atoms with E-state index < -0.39 is 0 Å². The molecule has 0 spiro atoms. The summed E-state index contributed by atoms with van der Waals surface area (Å²) in [7, 11) is 0. The Hall–Kier alpha value is -2.10. The molecule has 0 saturated heterocycles. The molecule has 1 aromatic heterocycles. The van der Waals surface area contributed by atoms with Crippen LogP contribution in [0.2, 0.25) is 0 Å². The Kier molecular flexibility index (Phi) is 3.07. The molecule has 1 aromatic carbocycles. The summed E-state index contributed by atoms with van der Waals surface area (Å²) in [6.07, 6.45) is 2.19. The van der Waals surface area contributed by atoms with Crippen LogP contribution in [0.1, 0.15) is 29.9 Å². The molecule has 0 bridgehead atoms. The Balaban J connectivity index is 1.82. The van der Waals surface area contributed by atoms with E-state index in [1.807, 2.05) is 42.2 Å². The molecule has 19 heavy (non-hydrogen) atoms. The van der Waals surface area contributed by atoms with E-state index in [1.54, 1.807) is 0 Å². The topological polar surface area (TPSA) is 46.3 Å². The Morgan fingerprint density at radius 3 is 2.95 bits per heavy atom. The van der Waals surface area contributed by atoms with E-state index >= 15 is 0 Å². The molecular weight excluding hydrogens is 240 g/mol. The molecule has 2 aromatic rings. The second-order valence-corrected chi connectivity index (χ2v) is 4.88. The van der Waals surface area contributed by atoms with Crippen molar-refractivity contribution >= 4 is 5.91 Å². The first-order chi connectivity index (χ1) is 9.25. The van der Waals surface area contributed by atoms with Gasteiger partial charge < -0.3 is 9.32 Å². The maximum Gasteiger partial charge on any atom is 0.233 e. The molecule has 98 valence electrons. The molecule has 1 aliphatic rings. The van der Waals surface area contributed by atoms with Gasteiger partial charge in [0.15, 0.2) is 6.39 Å². The third-order valence-corrected chi connectivity index (χ3v) is 3.58. The highest BCUT2D eigenvalue weighted by atomic mass is 16.3. The molecule has 0 radical (unpaired) electrons. The largest absolute Gasteiger partial charge is 0.447 e. The third-order valence-electron chi connectivity index (χ3n) is 3.58. The molecule has 0 N–H and O–H groups in total. The van der Waals surface area contributed by atoms with E-state index in [-0.39, 0.29) is 11.8 Å². The fourth-order valence-electron chi connectivity index (χ4n) is 2.52. The van der Waals surface area contributed by atoms with E-state index in [2.05, 4.69) is 4.98 Å². The Morgan fingerprint density at radius 2 is 2.16 bits per heavy atom. The number of fused-ring (bicyclic) bond motifs is 1. The summed E-state index contributed by atoms with van der Waals surface area (Å²) in [5, 5.41) is 0. The molecule has 3 rings (SSSR count). The first-order valence-corrected chi connectivity index (χ1v) is 6.50. The van der Waals surface area contributed by atoms with E-state index in [1.165, 1.54) is 6.39 Å². The predicted octanol–water partition coefficient (Wildman–Crippen LogP) is 2.36. The zero-order valence-corrected chi connectivity index (χ0v) is 10.9. The molecule has 2 heterocycles. The number of benzene rings is 1. The van der Waals surface area contributed by atoms with E-state index in [4.69, 9.17) is 4.42 Å². The van der Waals surface area contributed by atoms with Crippen LogP contribution in [-0.4, -0.2) is 22.3 Å². The van der Waals surface area contributed by atoms with Gasteiger partial charge in [-0.15, -0.1) is 0 Å². The number of carbonyl (C=O) groups excluding carboxylic acids is 1. The molecule has 0 aliphatic carbocycles. The van der Waals surface area contributed by atoms with Gasteiger partial charge in [-0.2, -0.15) is 0 Å². The Morgan fingerprint density at radius 1 is 1.37 bits per heavy atom. The van der Waals surface area contributed by atoms with Crippen LogP contribution in [0, 0.1) is 0 Å². The van der Waals surface area contributed by atoms with Crippen LogP contribution in [0.5, 0.6) is 0 Å². The summed E-state index contributed by atoms with van der Waals surface area (Å²) < 4.78 is 5.36. The zero-order valence-electron chi connectivity index (χ0n) is 10.9. The maximum atomic E-state index is 12.4. The van der Waals surface area contributed by atoms with Gasteiger partial charge in [0.25, 0.3) is 0 Å². The number of carbonyl (C=O) groups is 1. The summed E-state index contributed by atoms with van der Waals surface area (Å²) >= 11 is 0. The van der Waals surface area contributed by atoms with Crippen molar-refractivity contribution in [1.29, 1.82) is 0 Å². The van der Waals surface area contributed by atoms with Crippen molar-refractivity contribution in [3.05, 3.63) is 53.7 Å². The zero-order chi connectivity index (χ0) is 13.2. The van der Waals surface area contributed by atoms with Crippen molar-refractivity contribution in [3.63, 3.8) is 0 Å². The van der Waals surface area contributed by atoms with Crippen LogP contribution in [-0.2, 0) is 17.8 Å². The monoisotopic (exact) mass is 256 g/mol. The van der Waals surface area contributed by atoms with E-state index in [9.17, 15) is 4.79 Å². The number of aromatic nitrogens is 1. The van der Waals surface area contributed by atoms with Crippen molar-refractivity contribution in [1.82, 2.24) is 9.88 Å². The summed E-state index contributed by atoms with van der Waals surface area (Å²) in [5.74, 6) is 0.587. The standard InChI is InChI=1S/C15H16N2O2/c1-11-14-13(16-10-19-14)7-8-17(15(11)18)9-12-5-3-2-4-6-12/h2-6,10-11H,7-9H2,1H3. The van der Waals surface area contributed by atoms with Gasteiger partial charge in [-0.05, 0) is 12.5 Å². The van der Waals surface area contributed by atoms with Gasteiger partial charge in [0.2, 0.25) is 5.91 Å². The maximum absolute atomic E-state index is 12.4. The Bertz CT molecular complexity index is 577. The number of rotatable bonds is 2. The second kappa shape index (κ2) is 4.88. The van der Waals surface area contributed by atoms with Crippen LogP contribution < -0.4 is 0 Å². The average Bonchev–Trinajstić information content (AvgIpc) is 2.87. The number of nitrogens with zero attached hydrogens (tertiary/aromatic N) is 2. The van der Waals surface area contributed by atoms with Gasteiger partial charge in [0, 0.05) is 19.5 Å².